The molecule has 7 heteroatoms. The van der Waals surface area contributed by atoms with Gasteiger partial charge in [0.25, 0.3) is 0 Å². The lowest BCUT2D eigenvalue weighted by Gasteiger charge is -2.08. The quantitative estimate of drug-likeness (QED) is 0.767. The molecule has 5 nitrogen and oxygen atoms in total. The Morgan fingerprint density at radius 3 is 2.71 bits per heavy atom. The van der Waals surface area contributed by atoms with Gasteiger partial charge in [-0.25, -0.2) is 0 Å². The molecule has 0 aliphatic heterocycles. The van der Waals surface area contributed by atoms with Gasteiger partial charge in [0, 0.05) is 17.8 Å². The van der Waals surface area contributed by atoms with Crippen LogP contribution < -0.4 is 5.32 Å². The van der Waals surface area contributed by atoms with Crippen LogP contribution in [0.3, 0.4) is 0 Å². The number of H-pyrrole nitrogens is 1. The Balaban J connectivity index is 1.73. The third-order valence-corrected chi connectivity index (χ3v) is 3.69. The Kier molecular flexibility index (Phi) is 4.03. The average Bonchev–Trinajstić information content (AvgIpc) is 3.03. The number of tetrazole rings is 1. The second kappa shape index (κ2) is 6.11. The minimum absolute atomic E-state index is 0.552. The monoisotopic (exact) mass is 319 g/mol. The molecule has 1 aromatic heterocycles. The zero-order valence-corrected chi connectivity index (χ0v) is 12.4. The van der Waals surface area contributed by atoms with Crippen molar-refractivity contribution in [3.63, 3.8) is 0 Å². The summed E-state index contributed by atoms with van der Waals surface area (Å²) < 4.78 is 0. The molecule has 0 spiro atoms. The van der Waals surface area contributed by atoms with Gasteiger partial charge in [-0.3, -0.25) is 0 Å². The number of anilines is 1. The second-order valence-electron chi connectivity index (χ2n) is 4.42. The minimum atomic E-state index is 0.552. The maximum absolute atomic E-state index is 6.00. The second-order valence-corrected chi connectivity index (χ2v) is 5.23. The highest BCUT2D eigenvalue weighted by atomic mass is 35.5. The van der Waals surface area contributed by atoms with E-state index in [1.54, 1.807) is 6.07 Å². The molecule has 0 bridgehead atoms. The molecule has 2 aromatic carbocycles. The van der Waals surface area contributed by atoms with Crippen molar-refractivity contribution in [2.24, 2.45) is 0 Å². The summed E-state index contributed by atoms with van der Waals surface area (Å²) >= 11 is 11.9. The van der Waals surface area contributed by atoms with Crippen LogP contribution in [0.2, 0.25) is 10.0 Å². The largest absolute Gasteiger partial charge is 0.381 e. The van der Waals surface area contributed by atoms with Crippen LogP contribution in [0.25, 0.3) is 11.4 Å². The van der Waals surface area contributed by atoms with E-state index in [0.29, 0.717) is 22.4 Å². The third kappa shape index (κ3) is 3.32. The maximum atomic E-state index is 6.00. The predicted octanol–water partition coefficient (Wildman–Crippen LogP) is 3.79. The van der Waals surface area contributed by atoms with Crippen LogP contribution in [-0.4, -0.2) is 20.6 Å². The first-order valence-corrected chi connectivity index (χ1v) is 6.99. The summed E-state index contributed by atoms with van der Waals surface area (Å²) in [5, 5.41) is 18.3. The van der Waals surface area contributed by atoms with Gasteiger partial charge >= 0.3 is 0 Å². The van der Waals surface area contributed by atoms with Crippen molar-refractivity contribution < 1.29 is 0 Å². The van der Waals surface area contributed by atoms with Crippen LogP contribution in [0.15, 0.2) is 42.5 Å². The molecule has 0 aliphatic carbocycles. The SMILES string of the molecule is Clc1ccc(CNc2cccc(-c3nn[nH]n3)c2)cc1Cl. The molecule has 0 fully saturated rings. The van der Waals surface area contributed by atoms with E-state index in [1.165, 1.54) is 0 Å². The first-order valence-electron chi connectivity index (χ1n) is 6.24. The molecule has 21 heavy (non-hydrogen) atoms. The molecule has 0 saturated carbocycles. The highest BCUT2D eigenvalue weighted by Gasteiger charge is 2.04. The van der Waals surface area contributed by atoms with Gasteiger partial charge in [0.15, 0.2) is 0 Å². The zero-order chi connectivity index (χ0) is 14.7. The zero-order valence-electron chi connectivity index (χ0n) is 10.8. The maximum Gasteiger partial charge on any atom is 0.204 e. The number of benzene rings is 2. The molecule has 0 amide bonds. The molecule has 0 unspecified atom stereocenters. The van der Waals surface area contributed by atoms with Gasteiger partial charge in [-0.2, -0.15) is 5.21 Å². The summed E-state index contributed by atoms with van der Waals surface area (Å²) in [5.41, 5.74) is 2.90. The van der Waals surface area contributed by atoms with E-state index in [1.807, 2.05) is 36.4 Å². The molecule has 2 N–H and O–H groups in total. The van der Waals surface area contributed by atoms with Crippen molar-refractivity contribution in [3.8, 4) is 11.4 Å². The van der Waals surface area contributed by atoms with Crippen molar-refractivity contribution in [1.29, 1.82) is 0 Å². The van der Waals surface area contributed by atoms with Crippen LogP contribution >= 0.6 is 23.2 Å². The highest BCUT2D eigenvalue weighted by Crippen LogP contribution is 2.23. The van der Waals surface area contributed by atoms with E-state index in [9.17, 15) is 0 Å². The smallest absolute Gasteiger partial charge is 0.204 e. The lowest BCUT2D eigenvalue weighted by atomic mass is 10.1. The van der Waals surface area contributed by atoms with E-state index < -0.39 is 0 Å². The molecule has 3 rings (SSSR count). The number of hydrogen-bond donors (Lipinski definition) is 2. The Labute approximate surface area is 131 Å². The van der Waals surface area contributed by atoms with Crippen LogP contribution in [0.5, 0.6) is 0 Å². The van der Waals surface area contributed by atoms with Gasteiger partial charge in [-0.15, -0.1) is 10.2 Å². The first-order chi connectivity index (χ1) is 10.2. The lowest BCUT2D eigenvalue weighted by Crippen LogP contribution is -1.99. The molecule has 106 valence electrons. The van der Waals surface area contributed by atoms with Gasteiger partial charge in [-0.1, -0.05) is 41.4 Å². The fourth-order valence-electron chi connectivity index (χ4n) is 1.91. The van der Waals surface area contributed by atoms with E-state index in [0.717, 1.165) is 16.8 Å². The first kappa shape index (κ1) is 13.9. The molecule has 1 heterocycles. The predicted molar refractivity (Wildman–Crippen MR) is 83.4 cm³/mol. The molecule has 3 aromatic rings. The number of halogens is 2. The van der Waals surface area contributed by atoms with Gasteiger partial charge < -0.3 is 5.32 Å². The van der Waals surface area contributed by atoms with Crippen LogP contribution in [0.4, 0.5) is 5.69 Å². The fraction of sp³-hybridized carbons (Fsp3) is 0.0714. The topological polar surface area (TPSA) is 66.5 Å². The molecule has 0 radical (unpaired) electrons. The Morgan fingerprint density at radius 1 is 1.05 bits per heavy atom. The molecular formula is C14H11Cl2N5. The summed E-state index contributed by atoms with van der Waals surface area (Å²) in [4.78, 5) is 0. The van der Waals surface area contributed by atoms with E-state index in [4.69, 9.17) is 23.2 Å². The van der Waals surface area contributed by atoms with Crippen molar-refractivity contribution in [2.75, 3.05) is 5.32 Å². The number of rotatable bonds is 4. The Hall–Kier alpha value is -2.11. The van der Waals surface area contributed by atoms with Gasteiger partial charge in [0.05, 0.1) is 10.0 Å². The van der Waals surface area contributed by atoms with Crippen LogP contribution in [0, 0.1) is 0 Å². The fourth-order valence-corrected chi connectivity index (χ4v) is 2.23. The van der Waals surface area contributed by atoms with E-state index in [2.05, 4.69) is 25.9 Å². The van der Waals surface area contributed by atoms with Crippen molar-refractivity contribution in [3.05, 3.63) is 58.1 Å². The van der Waals surface area contributed by atoms with Gasteiger partial charge in [-0.05, 0) is 35.0 Å². The molecule has 0 aliphatic rings. The van der Waals surface area contributed by atoms with Crippen LogP contribution in [0.1, 0.15) is 5.56 Å². The summed E-state index contributed by atoms with van der Waals surface area (Å²) in [6, 6.07) is 13.4. The number of aromatic amines is 1. The number of nitrogens with one attached hydrogen (secondary N) is 2. The number of nitrogens with zero attached hydrogens (tertiary/aromatic N) is 3. The summed E-state index contributed by atoms with van der Waals surface area (Å²) in [6.07, 6.45) is 0. The normalized spacial score (nSPS) is 10.6. The highest BCUT2D eigenvalue weighted by molar-refractivity contribution is 6.42. The summed E-state index contributed by atoms with van der Waals surface area (Å²) in [6.45, 7) is 0.645. The summed E-state index contributed by atoms with van der Waals surface area (Å²) in [7, 11) is 0. The lowest BCUT2D eigenvalue weighted by molar-refractivity contribution is 0.881. The Bertz CT molecular complexity index is 743. The molecule has 0 atom stereocenters. The molecule has 0 saturated heterocycles. The van der Waals surface area contributed by atoms with Gasteiger partial charge in [0.2, 0.25) is 5.82 Å². The standard InChI is InChI=1S/C14H11Cl2N5/c15-12-5-4-9(6-13(12)16)8-17-11-3-1-2-10(7-11)14-18-20-21-19-14/h1-7,17H,8H2,(H,18,19,20,21). The summed E-state index contributed by atoms with van der Waals surface area (Å²) in [5.74, 6) is 0.563. The minimum Gasteiger partial charge on any atom is -0.381 e. The molecular weight excluding hydrogens is 309 g/mol. The average molecular weight is 320 g/mol. The number of hydrogen-bond acceptors (Lipinski definition) is 4. The van der Waals surface area contributed by atoms with Crippen molar-refractivity contribution in [1.82, 2.24) is 20.6 Å². The van der Waals surface area contributed by atoms with Crippen LogP contribution in [-0.2, 0) is 6.54 Å². The Morgan fingerprint density at radius 2 is 1.95 bits per heavy atom. The van der Waals surface area contributed by atoms with Gasteiger partial charge in [0.1, 0.15) is 0 Å². The number of aromatic nitrogens is 4. The third-order valence-electron chi connectivity index (χ3n) is 2.95. The van der Waals surface area contributed by atoms with Crippen molar-refractivity contribution >= 4 is 28.9 Å². The van der Waals surface area contributed by atoms with E-state index in [-0.39, 0.29) is 0 Å². The van der Waals surface area contributed by atoms with Crippen molar-refractivity contribution in [2.45, 2.75) is 6.54 Å². The van der Waals surface area contributed by atoms with E-state index >= 15 is 0 Å².